The van der Waals surface area contributed by atoms with Crippen LogP contribution in [0.15, 0.2) is 36.5 Å². The summed E-state index contributed by atoms with van der Waals surface area (Å²) in [5.74, 6) is -0.0616. The van der Waals surface area contributed by atoms with Crippen LogP contribution < -0.4 is 5.32 Å². The van der Waals surface area contributed by atoms with Gasteiger partial charge in [0.25, 0.3) is 0 Å². The third-order valence-corrected chi connectivity index (χ3v) is 12.1. The third-order valence-electron chi connectivity index (χ3n) is 12.1. The first-order valence-electron chi connectivity index (χ1n) is 26.2. The van der Waals surface area contributed by atoms with Crippen molar-refractivity contribution in [1.29, 1.82) is 0 Å². The van der Waals surface area contributed by atoms with Crippen LogP contribution in [-0.2, 0) is 4.79 Å². The molecule has 58 heavy (non-hydrogen) atoms. The molecule has 0 saturated heterocycles. The standard InChI is InChI=1S/C54H103NO3/c1-3-5-7-9-11-13-15-17-18-19-20-21-22-23-24-25-26-27-28-29-30-31-32-33-34-35-36-38-40-42-44-46-48-50-54(58)55-52(51-56)53(57)49-47-45-43-41-39-37-16-14-12-10-8-6-4-2/h20-21,23-24,47,49,52-53,56-57H,3-19,22,25-46,48,50-51H2,1-2H3,(H,55,58)/b21-20-,24-23-,49-47+. The van der Waals surface area contributed by atoms with Crippen LogP contribution in [0.1, 0.15) is 284 Å². The van der Waals surface area contributed by atoms with Crippen molar-refractivity contribution >= 4 is 5.91 Å². The molecule has 0 radical (unpaired) electrons. The van der Waals surface area contributed by atoms with Crippen molar-refractivity contribution < 1.29 is 15.0 Å². The number of unbranched alkanes of at least 4 members (excludes halogenated alkanes) is 37. The van der Waals surface area contributed by atoms with Gasteiger partial charge < -0.3 is 15.5 Å². The van der Waals surface area contributed by atoms with Crippen LogP contribution in [-0.4, -0.2) is 34.9 Å². The quantitative estimate of drug-likeness (QED) is 0.0423. The molecule has 2 unspecified atom stereocenters. The van der Waals surface area contributed by atoms with Crippen molar-refractivity contribution in [2.75, 3.05) is 6.61 Å². The Morgan fingerprint density at radius 1 is 0.414 bits per heavy atom. The molecule has 0 aromatic rings. The number of amides is 1. The largest absolute Gasteiger partial charge is 0.394 e. The van der Waals surface area contributed by atoms with E-state index in [9.17, 15) is 15.0 Å². The van der Waals surface area contributed by atoms with E-state index in [1.807, 2.05) is 6.08 Å². The molecular formula is C54H103NO3. The average Bonchev–Trinajstić information content (AvgIpc) is 3.23. The highest BCUT2D eigenvalue weighted by atomic mass is 16.3. The van der Waals surface area contributed by atoms with Crippen molar-refractivity contribution in [2.24, 2.45) is 0 Å². The molecule has 342 valence electrons. The molecule has 0 fully saturated rings. The lowest BCUT2D eigenvalue weighted by molar-refractivity contribution is -0.123. The van der Waals surface area contributed by atoms with Crippen LogP contribution in [0.4, 0.5) is 0 Å². The molecule has 4 nitrogen and oxygen atoms in total. The number of allylic oxidation sites excluding steroid dienone is 5. The normalized spacial score (nSPS) is 13.1. The van der Waals surface area contributed by atoms with Crippen molar-refractivity contribution in [3.63, 3.8) is 0 Å². The first kappa shape index (κ1) is 56.6. The van der Waals surface area contributed by atoms with E-state index in [-0.39, 0.29) is 12.5 Å². The van der Waals surface area contributed by atoms with E-state index in [0.29, 0.717) is 6.42 Å². The Morgan fingerprint density at radius 2 is 0.707 bits per heavy atom. The summed E-state index contributed by atoms with van der Waals surface area (Å²) in [6.07, 6.45) is 67.2. The van der Waals surface area contributed by atoms with Crippen molar-refractivity contribution in [3.8, 4) is 0 Å². The van der Waals surface area contributed by atoms with Gasteiger partial charge >= 0.3 is 0 Å². The number of aliphatic hydroxyl groups is 2. The highest BCUT2D eigenvalue weighted by Gasteiger charge is 2.18. The van der Waals surface area contributed by atoms with Crippen LogP contribution in [0.2, 0.25) is 0 Å². The van der Waals surface area contributed by atoms with E-state index in [4.69, 9.17) is 0 Å². The molecule has 0 bridgehead atoms. The predicted octanol–water partition coefficient (Wildman–Crippen LogP) is 16.9. The number of hydrogen-bond acceptors (Lipinski definition) is 3. The number of carbonyl (C=O) groups is 1. The Labute approximate surface area is 363 Å². The van der Waals surface area contributed by atoms with Gasteiger partial charge in [-0.3, -0.25) is 4.79 Å². The van der Waals surface area contributed by atoms with Gasteiger partial charge in [-0.05, 0) is 51.4 Å². The van der Waals surface area contributed by atoms with Crippen molar-refractivity contribution in [2.45, 2.75) is 296 Å². The van der Waals surface area contributed by atoms with Gasteiger partial charge in [0.05, 0.1) is 18.8 Å². The zero-order valence-electron chi connectivity index (χ0n) is 39.3. The molecule has 0 aromatic carbocycles. The van der Waals surface area contributed by atoms with E-state index >= 15 is 0 Å². The second-order valence-corrected chi connectivity index (χ2v) is 17.9. The Bertz CT molecular complexity index is 882. The number of hydrogen-bond donors (Lipinski definition) is 3. The molecule has 0 aliphatic heterocycles. The van der Waals surface area contributed by atoms with Gasteiger partial charge in [-0.25, -0.2) is 0 Å². The van der Waals surface area contributed by atoms with Crippen LogP contribution in [0.5, 0.6) is 0 Å². The first-order chi connectivity index (χ1) is 28.7. The fourth-order valence-corrected chi connectivity index (χ4v) is 8.09. The van der Waals surface area contributed by atoms with Crippen LogP contribution in [0.3, 0.4) is 0 Å². The maximum atomic E-state index is 12.4. The molecule has 4 heteroatoms. The van der Waals surface area contributed by atoms with E-state index in [1.54, 1.807) is 6.08 Å². The molecule has 0 rings (SSSR count). The summed E-state index contributed by atoms with van der Waals surface area (Å²) in [6.45, 7) is 4.32. The number of carbonyl (C=O) groups excluding carboxylic acids is 1. The lowest BCUT2D eigenvalue weighted by atomic mass is 10.0. The van der Waals surface area contributed by atoms with Gasteiger partial charge in [0.2, 0.25) is 5.91 Å². The smallest absolute Gasteiger partial charge is 0.220 e. The molecule has 0 aromatic heterocycles. The Hall–Kier alpha value is -1.39. The molecule has 0 heterocycles. The molecule has 0 aliphatic rings. The zero-order chi connectivity index (χ0) is 42.1. The molecule has 0 aliphatic carbocycles. The zero-order valence-corrected chi connectivity index (χ0v) is 39.3. The van der Waals surface area contributed by atoms with Gasteiger partial charge in [-0.15, -0.1) is 0 Å². The van der Waals surface area contributed by atoms with E-state index in [1.165, 1.54) is 231 Å². The second-order valence-electron chi connectivity index (χ2n) is 17.9. The predicted molar refractivity (Wildman–Crippen MR) is 258 cm³/mol. The first-order valence-corrected chi connectivity index (χ1v) is 26.2. The Kier molecular flexibility index (Phi) is 48.8. The molecular weight excluding hydrogens is 711 g/mol. The number of nitrogens with one attached hydrogen (secondary N) is 1. The van der Waals surface area contributed by atoms with Crippen LogP contribution in [0.25, 0.3) is 0 Å². The molecule has 3 N–H and O–H groups in total. The van der Waals surface area contributed by atoms with Crippen molar-refractivity contribution in [1.82, 2.24) is 5.32 Å². The summed E-state index contributed by atoms with van der Waals surface area (Å²) in [7, 11) is 0. The highest BCUT2D eigenvalue weighted by Crippen LogP contribution is 2.16. The molecule has 0 spiro atoms. The minimum Gasteiger partial charge on any atom is -0.394 e. The topological polar surface area (TPSA) is 69.6 Å². The van der Waals surface area contributed by atoms with Gasteiger partial charge in [0.1, 0.15) is 0 Å². The summed E-state index contributed by atoms with van der Waals surface area (Å²) in [4.78, 5) is 12.4. The Morgan fingerprint density at radius 3 is 1.03 bits per heavy atom. The van der Waals surface area contributed by atoms with Crippen LogP contribution >= 0.6 is 0 Å². The van der Waals surface area contributed by atoms with Crippen LogP contribution in [0, 0.1) is 0 Å². The van der Waals surface area contributed by atoms with Crippen molar-refractivity contribution in [3.05, 3.63) is 36.5 Å². The highest BCUT2D eigenvalue weighted by molar-refractivity contribution is 5.76. The monoisotopic (exact) mass is 814 g/mol. The maximum Gasteiger partial charge on any atom is 0.220 e. The maximum absolute atomic E-state index is 12.4. The van der Waals surface area contributed by atoms with E-state index < -0.39 is 12.1 Å². The fourth-order valence-electron chi connectivity index (χ4n) is 8.09. The van der Waals surface area contributed by atoms with Gasteiger partial charge in [0.15, 0.2) is 0 Å². The van der Waals surface area contributed by atoms with E-state index in [2.05, 4.69) is 43.5 Å². The summed E-state index contributed by atoms with van der Waals surface area (Å²) >= 11 is 0. The molecule has 2 atom stereocenters. The van der Waals surface area contributed by atoms with Gasteiger partial charge in [0, 0.05) is 6.42 Å². The fraction of sp³-hybridized carbons (Fsp3) is 0.870. The summed E-state index contributed by atoms with van der Waals surface area (Å²) in [5, 5.41) is 23.0. The number of aliphatic hydroxyl groups excluding tert-OH is 2. The lowest BCUT2D eigenvalue weighted by Gasteiger charge is -2.20. The lowest BCUT2D eigenvalue weighted by Crippen LogP contribution is -2.45. The van der Waals surface area contributed by atoms with Gasteiger partial charge in [-0.2, -0.15) is 0 Å². The molecule has 1 amide bonds. The summed E-state index contributed by atoms with van der Waals surface area (Å²) in [5.41, 5.74) is 0. The number of rotatable bonds is 48. The third kappa shape index (κ3) is 45.7. The SMILES string of the molecule is CCCCCCCCCCC/C=C\C/C=C\CCCCCCCCCCCCCCCCCCCC(=O)NC(CO)C(O)/C=C/CCCCCCCCCCCCC. The minimum atomic E-state index is -0.837. The summed E-state index contributed by atoms with van der Waals surface area (Å²) < 4.78 is 0. The molecule has 0 saturated carbocycles. The second kappa shape index (κ2) is 50.0. The minimum absolute atomic E-state index is 0.0616. The van der Waals surface area contributed by atoms with E-state index in [0.717, 1.165) is 32.1 Å². The average molecular weight is 814 g/mol. The summed E-state index contributed by atoms with van der Waals surface area (Å²) in [6, 6.07) is -0.620. The van der Waals surface area contributed by atoms with Gasteiger partial charge in [-0.1, -0.05) is 262 Å². The Balaban J connectivity index is 3.44.